The van der Waals surface area contributed by atoms with Crippen molar-refractivity contribution in [3.63, 3.8) is 0 Å². The topological polar surface area (TPSA) is 38.3 Å². The largest absolute Gasteiger partial charge is 0.426 e. The van der Waals surface area contributed by atoms with Crippen LogP contribution < -0.4 is 10.1 Å². The summed E-state index contributed by atoms with van der Waals surface area (Å²) in [4.78, 5) is 11.2. The molecule has 0 radical (unpaired) electrons. The maximum absolute atomic E-state index is 11.2. The normalized spacial score (nSPS) is 13.8. The number of rotatable bonds is 1. The minimum Gasteiger partial charge on any atom is -0.426 e. The highest BCUT2D eigenvalue weighted by atomic mass is 16.5. The molecule has 0 aromatic heterocycles. The van der Waals surface area contributed by atoms with Gasteiger partial charge in [0.05, 0.1) is 0 Å². The summed E-state index contributed by atoms with van der Waals surface area (Å²) in [7, 11) is 0. The van der Waals surface area contributed by atoms with Crippen LogP contribution in [0.25, 0.3) is 10.8 Å². The summed E-state index contributed by atoms with van der Waals surface area (Å²) in [5.74, 6) is 0.393. The Morgan fingerprint density at radius 1 is 1.28 bits per heavy atom. The van der Waals surface area contributed by atoms with E-state index in [0.29, 0.717) is 5.75 Å². The first-order valence-electron chi connectivity index (χ1n) is 6.22. The summed E-state index contributed by atoms with van der Waals surface area (Å²) in [6.45, 7) is 2.44. The zero-order valence-electron chi connectivity index (χ0n) is 10.3. The molecular formula is C15H15NO2. The van der Waals surface area contributed by atoms with Crippen LogP contribution in [0.15, 0.2) is 30.3 Å². The Bertz CT molecular complexity index is 619. The molecule has 0 fully saturated rings. The van der Waals surface area contributed by atoms with Crippen molar-refractivity contribution in [3.8, 4) is 5.75 Å². The fraction of sp³-hybridized carbons (Fsp3) is 0.267. The number of benzene rings is 2. The molecule has 0 atom stereocenters. The predicted molar refractivity (Wildman–Crippen MR) is 72.1 cm³/mol. The second-order valence-electron chi connectivity index (χ2n) is 4.58. The van der Waals surface area contributed by atoms with Gasteiger partial charge in [0.2, 0.25) is 0 Å². The van der Waals surface area contributed by atoms with Crippen LogP contribution in [0.5, 0.6) is 5.75 Å². The monoisotopic (exact) mass is 241 g/mol. The summed E-state index contributed by atoms with van der Waals surface area (Å²) in [5.41, 5.74) is 2.42. The molecule has 0 amide bonds. The molecule has 3 heteroatoms. The van der Waals surface area contributed by atoms with E-state index in [2.05, 4.69) is 11.4 Å². The van der Waals surface area contributed by atoms with E-state index in [0.717, 1.165) is 30.2 Å². The number of anilines is 1. The highest BCUT2D eigenvalue weighted by Gasteiger charge is 2.16. The fourth-order valence-corrected chi connectivity index (χ4v) is 2.53. The molecule has 1 aliphatic heterocycles. The van der Waals surface area contributed by atoms with E-state index in [9.17, 15) is 4.79 Å². The van der Waals surface area contributed by atoms with Crippen molar-refractivity contribution in [1.82, 2.24) is 0 Å². The van der Waals surface area contributed by atoms with E-state index < -0.39 is 0 Å². The smallest absolute Gasteiger partial charge is 0.308 e. The molecule has 0 spiro atoms. The van der Waals surface area contributed by atoms with E-state index in [1.807, 2.05) is 24.3 Å². The van der Waals surface area contributed by atoms with Gasteiger partial charge in [0.15, 0.2) is 0 Å². The first-order valence-corrected chi connectivity index (χ1v) is 6.22. The summed E-state index contributed by atoms with van der Waals surface area (Å²) in [6, 6.07) is 10.0. The maximum atomic E-state index is 11.2. The van der Waals surface area contributed by atoms with E-state index in [-0.39, 0.29) is 5.97 Å². The van der Waals surface area contributed by atoms with Crippen molar-refractivity contribution in [2.24, 2.45) is 0 Å². The van der Waals surface area contributed by atoms with Gasteiger partial charge in [0.1, 0.15) is 5.75 Å². The number of aryl methyl sites for hydroxylation is 1. The first-order chi connectivity index (χ1) is 8.75. The zero-order chi connectivity index (χ0) is 12.5. The quantitative estimate of drug-likeness (QED) is 0.615. The molecular weight excluding hydrogens is 226 g/mol. The van der Waals surface area contributed by atoms with Crippen molar-refractivity contribution in [3.05, 3.63) is 35.9 Å². The molecule has 0 saturated carbocycles. The third-order valence-electron chi connectivity index (χ3n) is 3.27. The first kappa shape index (κ1) is 11.1. The number of hydrogen-bond donors (Lipinski definition) is 1. The number of carbonyl (C=O) groups excluding carboxylic acids is 1. The molecule has 3 rings (SSSR count). The average Bonchev–Trinajstić information content (AvgIpc) is 2.38. The van der Waals surface area contributed by atoms with Gasteiger partial charge >= 0.3 is 5.97 Å². The third kappa shape index (κ3) is 1.82. The van der Waals surface area contributed by atoms with Gasteiger partial charge < -0.3 is 10.1 Å². The minimum absolute atomic E-state index is 0.274. The van der Waals surface area contributed by atoms with Gasteiger partial charge in [-0.15, -0.1) is 0 Å². The van der Waals surface area contributed by atoms with Gasteiger partial charge in [-0.25, -0.2) is 0 Å². The van der Waals surface area contributed by atoms with Crippen molar-refractivity contribution in [1.29, 1.82) is 0 Å². The van der Waals surface area contributed by atoms with Crippen LogP contribution >= 0.6 is 0 Å². The predicted octanol–water partition coefficient (Wildman–Crippen LogP) is 3.12. The van der Waals surface area contributed by atoms with Gasteiger partial charge in [0, 0.05) is 29.9 Å². The lowest BCUT2D eigenvalue weighted by Gasteiger charge is -2.21. The second-order valence-corrected chi connectivity index (χ2v) is 4.58. The molecule has 0 unspecified atom stereocenters. The van der Waals surface area contributed by atoms with E-state index in [1.165, 1.54) is 18.2 Å². The SMILES string of the molecule is CC(=O)Oc1cc2c(c3ccccc13)NCCC2. The summed E-state index contributed by atoms with van der Waals surface area (Å²) in [5, 5.41) is 5.56. The Morgan fingerprint density at radius 2 is 2.06 bits per heavy atom. The van der Waals surface area contributed by atoms with Crippen molar-refractivity contribution in [2.45, 2.75) is 19.8 Å². The van der Waals surface area contributed by atoms with Crippen molar-refractivity contribution < 1.29 is 9.53 Å². The molecule has 1 N–H and O–H groups in total. The number of nitrogens with one attached hydrogen (secondary N) is 1. The molecule has 18 heavy (non-hydrogen) atoms. The van der Waals surface area contributed by atoms with Crippen molar-refractivity contribution in [2.75, 3.05) is 11.9 Å². The van der Waals surface area contributed by atoms with Crippen LogP contribution in [-0.2, 0) is 11.2 Å². The molecule has 0 aliphatic carbocycles. The average molecular weight is 241 g/mol. The lowest BCUT2D eigenvalue weighted by atomic mass is 9.97. The highest BCUT2D eigenvalue weighted by molar-refractivity contribution is 6.00. The van der Waals surface area contributed by atoms with E-state index >= 15 is 0 Å². The Kier molecular flexibility index (Phi) is 2.67. The molecule has 0 saturated heterocycles. The number of esters is 1. The van der Waals surface area contributed by atoms with Crippen molar-refractivity contribution >= 4 is 22.4 Å². The van der Waals surface area contributed by atoms with E-state index in [1.54, 1.807) is 0 Å². The Morgan fingerprint density at radius 3 is 2.83 bits per heavy atom. The molecule has 3 nitrogen and oxygen atoms in total. The summed E-state index contributed by atoms with van der Waals surface area (Å²) >= 11 is 0. The number of fused-ring (bicyclic) bond motifs is 3. The Labute approximate surface area is 106 Å². The third-order valence-corrected chi connectivity index (χ3v) is 3.27. The number of carbonyl (C=O) groups is 1. The zero-order valence-corrected chi connectivity index (χ0v) is 10.3. The van der Waals surface area contributed by atoms with Gasteiger partial charge in [0.25, 0.3) is 0 Å². The van der Waals surface area contributed by atoms with Crippen LogP contribution in [0.1, 0.15) is 18.9 Å². The van der Waals surface area contributed by atoms with Crippen LogP contribution in [0.2, 0.25) is 0 Å². The standard InChI is InChI=1S/C15H15NO2/c1-10(17)18-14-9-11-5-4-8-16-15(11)13-7-3-2-6-12(13)14/h2-3,6-7,9,16H,4-5,8H2,1H3. The molecule has 2 aromatic rings. The molecule has 0 bridgehead atoms. The fourth-order valence-electron chi connectivity index (χ4n) is 2.53. The van der Waals surface area contributed by atoms with Crippen LogP contribution in [0, 0.1) is 0 Å². The molecule has 2 aromatic carbocycles. The van der Waals surface area contributed by atoms with Crippen LogP contribution in [0.4, 0.5) is 5.69 Å². The van der Waals surface area contributed by atoms with Gasteiger partial charge in [-0.05, 0) is 24.5 Å². The Balaban J connectivity index is 2.26. The molecule has 1 heterocycles. The van der Waals surface area contributed by atoms with Crippen LogP contribution in [-0.4, -0.2) is 12.5 Å². The van der Waals surface area contributed by atoms with Gasteiger partial charge in [-0.3, -0.25) is 4.79 Å². The lowest BCUT2D eigenvalue weighted by molar-refractivity contribution is -0.131. The van der Waals surface area contributed by atoms with Crippen LogP contribution in [0.3, 0.4) is 0 Å². The summed E-state index contributed by atoms with van der Waals surface area (Å²) < 4.78 is 5.33. The van der Waals surface area contributed by atoms with Gasteiger partial charge in [-0.1, -0.05) is 24.3 Å². The van der Waals surface area contributed by atoms with E-state index in [4.69, 9.17) is 4.74 Å². The summed E-state index contributed by atoms with van der Waals surface area (Å²) in [6.07, 6.45) is 2.15. The Hall–Kier alpha value is -2.03. The minimum atomic E-state index is -0.274. The number of ether oxygens (including phenoxy) is 1. The second kappa shape index (κ2) is 4.33. The maximum Gasteiger partial charge on any atom is 0.308 e. The number of hydrogen-bond acceptors (Lipinski definition) is 3. The molecule has 1 aliphatic rings. The van der Waals surface area contributed by atoms with Gasteiger partial charge in [-0.2, -0.15) is 0 Å². The lowest BCUT2D eigenvalue weighted by Crippen LogP contribution is -2.13. The molecule has 92 valence electrons. The highest BCUT2D eigenvalue weighted by Crippen LogP contribution is 2.37.